The average molecular weight is 325 g/mol. The van der Waals surface area contributed by atoms with Crippen molar-refractivity contribution < 1.29 is 19.2 Å². The molecule has 1 aliphatic rings. The lowest BCUT2D eigenvalue weighted by molar-refractivity contribution is 0.0820. The highest BCUT2D eigenvalue weighted by molar-refractivity contribution is 6.61. The van der Waals surface area contributed by atoms with Crippen LogP contribution < -0.4 is 10.8 Å². The summed E-state index contributed by atoms with van der Waals surface area (Å²) in [5, 5.41) is 12.8. The van der Waals surface area contributed by atoms with Crippen LogP contribution in [0.4, 0.5) is 10.5 Å². The van der Waals surface area contributed by atoms with Crippen molar-refractivity contribution in [3.63, 3.8) is 0 Å². The largest absolute Gasteiger partial charge is 0.491 e. The number of carbonyl (C=O) groups excluding carboxylic acids is 1. The van der Waals surface area contributed by atoms with Crippen molar-refractivity contribution in [1.29, 1.82) is 0 Å². The molecule has 0 radical (unpaired) electrons. The van der Waals surface area contributed by atoms with E-state index in [9.17, 15) is 9.82 Å². The lowest BCUT2D eigenvalue weighted by atomic mass is 9.70. The molecule has 1 amide bonds. The van der Waals surface area contributed by atoms with Crippen LogP contribution in [0.25, 0.3) is 0 Å². The van der Waals surface area contributed by atoms with Crippen LogP contribution in [0.2, 0.25) is 0 Å². The minimum Gasteiger partial charge on any atom is -0.444 e. The fourth-order valence-electron chi connectivity index (χ4n) is 2.81. The fourth-order valence-corrected chi connectivity index (χ4v) is 2.81. The Hall–Kier alpha value is -2.31. The standard InChI is InChI=1S/C18H20BNO4/c1-18(2)11-14-8-9-15(10-16(14)19(22)24-18)20-17(21)23-12-13-6-4-3-5-7-13/h3-10,22H,11-12H2,1-2H3,(H,20,21). The molecule has 0 atom stereocenters. The predicted octanol–water partition coefficient (Wildman–Crippen LogP) is 2.47. The Kier molecular flexibility index (Phi) is 4.60. The Labute approximate surface area is 141 Å². The van der Waals surface area contributed by atoms with E-state index >= 15 is 0 Å². The van der Waals surface area contributed by atoms with Crippen LogP contribution in [0, 0.1) is 0 Å². The minimum absolute atomic E-state index is 0.206. The van der Waals surface area contributed by atoms with E-state index < -0.39 is 18.8 Å². The van der Waals surface area contributed by atoms with E-state index in [0.29, 0.717) is 17.6 Å². The predicted molar refractivity (Wildman–Crippen MR) is 93.2 cm³/mol. The molecule has 24 heavy (non-hydrogen) atoms. The first kappa shape index (κ1) is 16.5. The number of anilines is 1. The smallest absolute Gasteiger partial charge is 0.444 e. The summed E-state index contributed by atoms with van der Waals surface area (Å²) in [6.45, 7) is 4.08. The van der Waals surface area contributed by atoms with Gasteiger partial charge in [-0.1, -0.05) is 36.4 Å². The Morgan fingerprint density at radius 2 is 2.04 bits per heavy atom. The number of hydrogen-bond donors (Lipinski definition) is 2. The van der Waals surface area contributed by atoms with Crippen molar-refractivity contribution in [3.8, 4) is 0 Å². The molecule has 2 aromatic rings. The maximum absolute atomic E-state index is 11.9. The lowest BCUT2D eigenvalue weighted by Gasteiger charge is -2.33. The first-order valence-electron chi connectivity index (χ1n) is 7.89. The fraction of sp³-hybridized carbons (Fsp3) is 0.278. The number of ether oxygens (including phenoxy) is 1. The zero-order chi connectivity index (χ0) is 17.2. The summed E-state index contributed by atoms with van der Waals surface area (Å²) in [7, 11) is -0.995. The molecule has 0 unspecified atom stereocenters. The highest BCUT2D eigenvalue weighted by Crippen LogP contribution is 2.23. The van der Waals surface area contributed by atoms with E-state index in [2.05, 4.69) is 5.32 Å². The number of fused-ring (bicyclic) bond motifs is 1. The third kappa shape index (κ3) is 3.96. The van der Waals surface area contributed by atoms with Gasteiger partial charge in [0.25, 0.3) is 0 Å². The molecule has 0 bridgehead atoms. The number of hydrogen-bond acceptors (Lipinski definition) is 4. The zero-order valence-corrected chi connectivity index (χ0v) is 13.8. The van der Waals surface area contributed by atoms with E-state index in [-0.39, 0.29) is 6.61 Å². The molecule has 5 nitrogen and oxygen atoms in total. The van der Waals surface area contributed by atoms with E-state index in [1.165, 1.54) is 0 Å². The van der Waals surface area contributed by atoms with Crippen molar-refractivity contribution >= 4 is 24.4 Å². The van der Waals surface area contributed by atoms with Gasteiger partial charge in [0.15, 0.2) is 0 Å². The topological polar surface area (TPSA) is 67.8 Å². The molecular weight excluding hydrogens is 305 g/mol. The lowest BCUT2D eigenvalue weighted by Crippen LogP contribution is -2.50. The first-order valence-corrected chi connectivity index (χ1v) is 7.89. The minimum atomic E-state index is -0.995. The van der Waals surface area contributed by atoms with Gasteiger partial charge in [-0.25, -0.2) is 4.79 Å². The van der Waals surface area contributed by atoms with Gasteiger partial charge in [-0.3, -0.25) is 5.32 Å². The van der Waals surface area contributed by atoms with E-state index in [1.807, 2.05) is 50.2 Å². The molecule has 124 valence electrons. The average Bonchev–Trinajstić information content (AvgIpc) is 2.54. The summed E-state index contributed by atoms with van der Waals surface area (Å²) in [6, 6.07) is 14.9. The Morgan fingerprint density at radius 3 is 2.79 bits per heavy atom. The summed E-state index contributed by atoms with van der Waals surface area (Å²) < 4.78 is 10.8. The molecule has 2 N–H and O–H groups in total. The van der Waals surface area contributed by atoms with E-state index in [4.69, 9.17) is 9.39 Å². The molecule has 0 saturated heterocycles. The molecule has 6 heteroatoms. The molecule has 0 spiro atoms. The second-order valence-corrected chi connectivity index (χ2v) is 6.51. The first-order chi connectivity index (χ1) is 11.4. The van der Waals surface area contributed by atoms with Crippen molar-refractivity contribution in [2.45, 2.75) is 32.5 Å². The van der Waals surface area contributed by atoms with Crippen molar-refractivity contribution in [3.05, 3.63) is 59.7 Å². The molecular formula is C18H20BNO4. The van der Waals surface area contributed by atoms with Gasteiger partial charge < -0.3 is 14.4 Å². The van der Waals surface area contributed by atoms with Gasteiger partial charge in [0.05, 0.1) is 5.60 Å². The molecule has 0 aromatic heterocycles. The van der Waals surface area contributed by atoms with Crippen molar-refractivity contribution in [2.75, 3.05) is 5.32 Å². The van der Waals surface area contributed by atoms with Crippen molar-refractivity contribution in [1.82, 2.24) is 0 Å². The third-order valence-corrected chi connectivity index (χ3v) is 3.92. The Balaban J connectivity index is 1.64. The molecule has 1 aliphatic heterocycles. The van der Waals surface area contributed by atoms with Crippen LogP contribution >= 0.6 is 0 Å². The Morgan fingerprint density at radius 1 is 1.29 bits per heavy atom. The highest BCUT2D eigenvalue weighted by atomic mass is 16.5. The molecule has 2 aromatic carbocycles. The SMILES string of the molecule is CC1(C)Cc2ccc(NC(=O)OCc3ccccc3)cc2B(O)O1. The second-order valence-electron chi connectivity index (χ2n) is 6.51. The maximum Gasteiger partial charge on any atom is 0.491 e. The third-order valence-electron chi connectivity index (χ3n) is 3.92. The maximum atomic E-state index is 11.9. The van der Waals surface area contributed by atoms with Gasteiger partial charge >= 0.3 is 13.2 Å². The van der Waals surface area contributed by atoms with Gasteiger partial charge in [-0.2, -0.15) is 0 Å². The summed E-state index contributed by atoms with van der Waals surface area (Å²) in [6.07, 6.45) is 0.170. The van der Waals surface area contributed by atoms with Gasteiger partial charge in [0.2, 0.25) is 0 Å². The summed E-state index contributed by atoms with van der Waals surface area (Å²) in [4.78, 5) is 11.9. The number of nitrogens with one attached hydrogen (secondary N) is 1. The molecule has 1 heterocycles. The summed E-state index contributed by atoms with van der Waals surface area (Å²) in [5.74, 6) is 0. The quantitative estimate of drug-likeness (QED) is 0.851. The zero-order valence-electron chi connectivity index (χ0n) is 13.8. The monoisotopic (exact) mass is 325 g/mol. The van der Waals surface area contributed by atoms with Gasteiger partial charge in [-0.15, -0.1) is 0 Å². The van der Waals surface area contributed by atoms with Crippen LogP contribution in [0.15, 0.2) is 48.5 Å². The number of benzene rings is 2. The normalized spacial score (nSPS) is 15.5. The number of carbonyl (C=O) groups is 1. The highest BCUT2D eigenvalue weighted by Gasteiger charge is 2.35. The summed E-state index contributed by atoms with van der Waals surface area (Å²) in [5.41, 5.74) is 2.77. The van der Waals surface area contributed by atoms with Crippen LogP contribution in [-0.4, -0.2) is 23.8 Å². The van der Waals surface area contributed by atoms with Crippen LogP contribution in [-0.2, 0) is 22.4 Å². The molecule has 0 fully saturated rings. The number of rotatable bonds is 3. The molecule has 0 saturated carbocycles. The van der Waals surface area contributed by atoms with E-state index in [0.717, 1.165) is 11.1 Å². The van der Waals surface area contributed by atoms with Crippen LogP contribution in [0.3, 0.4) is 0 Å². The van der Waals surface area contributed by atoms with Gasteiger partial charge in [0, 0.05) is 5.69 Å². The number of amides is 1. The van der Waals surface area contributed by atoms with Crippen molar-refractivity contribution in [2.24, 2.45) is 0 Å². The molecule has 3 rings (SSSR count). The van der Waals surface area contributed by atoms with Gasteiger partial charge in [0.1, 0.15) is 6.61 Å². The second kappa shape index (κ2) is 6.67. The van der Waals surface area contributed by atoms with Crippen LogP contribution in [0.1, 0.15) is 25.0 Å². The Bertz CT molecular complexity index is 733. The summed E-state index contributed by atoms with van der Waals surface area (Å²) >= 11 is 0. The molecule has 0 aliphatic carbocycles. The van der Waals surface area contributed by atoms with Gasteiger partial charge in [-0.05, 0) is 49.0 Å². The van der Waals surface area contributed by atoms with Crippen LogP contribution in [0.5, 0.6) is 0 Å². The van der Waals surface area contributed by atoms with E-state index in [1.54, 1.807) is 12.1 Å².